The molecule has 0 spiro atoms. The molecular weight excluding hydrogens is 424 g/mol. The van der Waals surface area contributed by atoms with Gasteiger partial charge in [0.15, 0.2) is 5.78 Å². The number of fused-ring (bicyclic) bond motifs is 1. The van der Waals surface area contributed by atoms with Gasteiger partial charge in [-0.3, -0.25) is 19.3 Å². The first-order valence-electron chi connectivity index (χ1n) is 11.3. The van der Waals surface area contributed by atoms with Crippen molar-refractivity contribution in [3.8, 4) is 5.75 Å². The minimum absolute atomic E-state index is 0.0362. The van der Waals surface area contributed by atoms with Gasteiger partial charge in [0.05, 0.1) is 44.7 Å². The number of ether oxygens (including phenoxy) is 2. The highest BCUT2D eigenvalue weighted by molar-refractivity contribution is 5.98. The highest BCUT2D eigenvalue weighted by atomic mass is 16.5. The lowest BCUT2D eigenvalue weighted by molar-refractivity contribution is -0.122. The molecule has 2 aliphatic rings. The van der Waals surface area contributed by atoms with E-state index in [0.717, 1.165) is 29.8 Å². The highest BCUT2D eigenvalue weighted by Crippen LogP contribution is 2.25. The van der Waals surface area contributed by atoms with Crippen LogP contribution in [-0.4, -0.2) is 59.9 Å². The molecule has 0 aliphatic carbocycles. The van der Waals surface area contributed by atoms with Crippen LogP contribution in [0.4, 0.5) is 0 Å². The van der Waals surface area contributed by atoms with Crippen LogP contribution in [0.2, 0.25) is 0 Å². The van der Waals surface area contributed by atoms with Gasteiger partial charge >= 0.3 is 0 Å². The van der Waals surface area contributed by atoms with Crippen LogP contribution in [0, 0.1) is 12.8 Å². The fraction of sp³-hybridized carbons (Fsp3) is 0.500. The van der Waals surface area contributed by atoms with E-state index >= 15 is 0 Å². The first-order chi connectivity index (χ1) is 15.9. The van der Waals surface area contributed by atoms with E-state index in [9.17, 15) is 14.4 Å². The summed E-state index contributed by atoms with van der Waals surface area (Å²) in [6.07, 6.45) is 2.04. The van der Waals surface area contributed by atoms with Gasteiger partial charge in [0.2, 0.25) is 5.91 Å². The summed E-state index contributed by atoms with van der Waals surface area (Å²) >= 11 is 0. The zero-order valence-corrected chi connectivity index (χ0v) is 19.1. The largest absolute Gasteiger partial charge is 0.496 e. The Morgan fingerprint density at radius 1 is 1.30 bits per heavy atom. The molecule has 1 saturated heterocycles. The zero-order valence-electron chi connectivity index (χ0n) is 19.1. The van der Waals surface area contributed by atoms with Crippen LogP contribution < -0.4 is 15.6 Å². The van der Waals surface area contributed by atoms with Gasteiger partial charge in [-0.25, -0.2) is 4.98 Å². The van der Waals surface area contributed by atoms with Gasteiger partial charge < -0.3 is 19.8 Å². The SMILES string of the molecule is COc1ccc(C(=O)C2CCN(CC(=O)NCc3nc4c(c(=O)[nH]3)COCC4)CC2)cc1C. The van der Waals surface area contributed by atoms with E-state index in [1.54, 1.807) is 7.11 Å². The molecule has 0 bridgehead atoms. The number of Topliss-reactive ketones (excluding diaryl/α,β-unsaturated/α-hetero) is 1. The van der Waals surface area contributed by atoms with Gasteiger partial charge in [0.1, 0.15) is 11.6 Å². The van der Waals surface area contributed by atoms with Gasteiger partial charge in [-0.05, 0) is 56.6 Å². The molecule has 176 valence electrons. The number of nitrogens with zero attached hydrogens (tertiary/aromatic N) is 2. The predicted molar refractivity (Wildman–Crippen MR) is 121 cm³/mol. The van der Waals surface area contributed by atoms with E-state index in [0.29, 0.717) is 43.1 Å². The van der Waals surface area contributed by atoms with Crippen molar-refractivity contribution in [3.63, 3.8) is 0 Å². The molecule has 2 aromatic rings. The van der Waals surface area contributed by atoms with Gasteiger partial charge in [0.25, 0.3) is 5.56 Å². The number of carbonyl (C=O) groups excluding carboxylic acids is 2. The summed E-state index contributed by atoms with van der Waals surface area (Å²) < 4.78 is 10.6. The predicted octanol–water partition coefficient (Wildman–Crippen LogP) is 1.37. The number of hydrogen-bond donors (Lipinski definition) is 2. The third-order valence-electron chi connectivity index (χ3n) is 6.34. The van der Waals surface area contributed by atoms with Gasteiger partial charge in [0, 0.05) is 17.9 Å². The lowest BCUT2D eigenvalue weighted by atomic mass is 9.88. The number of carbonyl (C=O) groups is 2. The topological polar surface area (TPSA) is 114 Å². The Morgan fingerprint density at radius 3 is 2.82 bits per heavy atom. The average Bonchev–Trinajstić information content (AvgIpc) is 2.83. The Balaban J connectivity index is 1.25. The maximum Gasteiger partial charge on any atom is 0.256 e. The van der Waals surface area contributed by atoms with Crippen molar-refractivity contribution in [2.45, 2.75) is 39.3 Å². The second kappa shape index (κ2) is 10.3. The molecule has 2 aliphatic heterocycles. The number of aryl methyl sites for hydroxylation is 1. The maximum absolute atomic E-state index is 12.9. The van der Waals surface area contributed by atoms with Crippen molar-refractivity contribution in [2.75, 3.05) is 33.4 Å². The number of benzene rings is 1. The monoisotopic (exact) mass is 454 g/mol. The van der Waals surface area contributed by atoms with E-state index in [1.165, 1.54) is 0 Å². The molecular formula is C24H30N4O5. The normalized spacial score (nSPS) is 16.8. The molecule has 2 N–H and O–H groups in total. The van der Waals surface area contributed by atoms with Crippen molar-refractivity contribution in [1.82, 2.24) is 20.2 Å². The Labute approximate surface area is 192 Å². The third-order valence-corrected chi connectivity index (χ3v) is 6.34. The number of nitrogens with one attached hydrogen (secondary N) is 2. The molecule has 0 radical (unpaired) electrons. The Kier molecular flexibility index (Phi) is 7.20. The van der Waals surface area contributed by atoms with Crippen molar-refractivity contribution < 1.29 is 19.1 Å². The molecule has 1 amide bonds. The van der Waals surface area contributed by atoms with Crippen LogP contribution in [0.5, 0.6) is 5.75 Å². The van der Waals surface area contributed by atoms with Gasteiger partial charge in [-0.1, -0.05) is 0 Å². The molecule has 1 aromatic carbocycles. The van der Waals surface area contributed by atoms with Crippen molar-refractivity contribution in [3.05, 3.63) is 56.8 Å². The molecule has 0 saturated carbocycles. The molecule has 33 heavy (non-hydrogen) atoms. The lowest BCUT2D eigenvalue weighted by Gasteiger charge is -2.30. The second-order valence-corrected chi connectivity index (χ2v) is 8.62. The number of amides is 1. The van der Waals surface area contributed by atoms with Gasteiger partial charge in [-0.15, -0.1) is 0 Å². The van der Waals surface area contributed by atoms with E-state index < -0.39 is 0 Å². The van der Waals surface area contributed by atoms with E-state index in [2.05, 4.69) is 20.2 Å². The highest BCUT2D eigenvalue weighted by Gasteiger charge is 2.27. The number of aromatic amines is 1. The summed E-state index contributed by atoms with van der Waals surface area (Å²) in [4.78, 5) is 46.7. The standard InChI is InChI=1S/C24H30N4O5/c1-15-11-17(3-4-20(15)32-2)23(30)16-5-8-28(9-6-16)13-22(29)25-12-21-26-19-7-10-33-14-18(19)24(31)27-21/h3-4,11,16H,5-10,12-14H2,1-2H3,(H,25,29)(H,26,27,31). The summed E-state index contributed by atoms with van der Waals surface area (Å²) in [5, 5.41) is 2.83. The fourth-order valence-electron chi connectivity index (χ4n) is 4.44. The lowest BCUT2D eigenvalue weighted by Crippen LogP contribution is -2.42. The fourth-order valence-corrected chi connectivity index (χ4v) is 4.44. The van der Waals surface area contributed by atoms with Gasteiger partial charge in [-0.2, -0.15) is 0 Å². The van der Waals surface area contributed by atoms with Crippen LogP contribution in [0.3, 0.4) is 0 Å². The number of H-pyrrole nitrogens is 1. The Bertz CT molecular complexity index is 1090. The zero-order chi connectivity index (χ0) is 23.4. The van der Waals surface area contributed by atoms with Crippen molar-refractivity contribution >= 4 is 11.7 Å². The summed E-state index contributed by atoms with van der Waals surface area (Å²) in [6.45, 7) is 4.56. The van der Waals surface area contributed by atoms with Crippen molar-refractivity contribution in [2.24, 2.45) is 5.92 Å². The minimum atomic E-state index is -0.206. The Hall–Kier alpha value is -3.04. The van der Waals surface area contributed by atoms with Crippen molar-refractivity contribution in [1.29, 1.82) is 0 Å². The third kappa shape index (κ3) is 5.48. The summed E-state index contributed by atoms with van der Waals surface area (Å²) in [5.74, 6) is 1.21. The molecule has 9 nitrogen and oxygen atoms in total. The second-order valence-electron chi connectivity index (χ2n) is 8.62. The molecule has 0 atom stereocenters. The number of hydrogen-bond acceptors (Lipinski definition) is 7. The molecule has 3 heterocycles. The number of aromatic nitrogens is 2. The molecule has 1 fully saturated rings. The smallest absolute Gasteiger partial charge is 0.256 e. The number of rotatable bonds is 7. The van der Waals surface area contributed by atoms with E-state index in [-0.39, 0.29) is 42.9 Å². The minimum Gasteiger partial charge on any atom is -0.496 e. The van der Waals surface area contributed by atoms with Crippen LogP contribution >= 0.6 is 0 Å². The van der Waals surface area contributed by atoms with E-state index in [1.807, 2.05) is 25.1 Å². The van der Waals surface area contributed by atoms with Crippen LogP contribution in [0.15, 0.2) is 23.0 Å². The summed E-state index contributed by atoms with van der Waals surface area (Å²) in [5.41, 5.74) is 2.76. The van der Waals surface area contributed by atoms with E-state index in [4.69, 9.17) is 9.47 Å². The maximum atomic E-state index is 12.9. The number of methoxy groups -OCH3 is 1. The first kappa shape index (κ1) is 23.1. The summed E-state index contributed by atoms with van der Waals surface area (Å²) in [6, 6.07) is 5.54. The molecule has 1 aromatic heterocycles. The Morgan fingerprint density at radius 2 is 2.09 bits per heavy atom. The molecule has 4 rings (SSSR count). The number of piperidine rings is 1. The number of likely N-dealkylation sites (tertiary alicyclic amines) is 1. The van der Waals surface area contributed by atoms with Crippen LogP contribution in [0.1, 0.15) is 45.8 Å². The average molecular weight is 455 g/mol. The summed E-state index contributed by atoms with van der Waals surface area (Å²) in [7, 11) is 1.62. The first-order valence-corrected chi connectivity index (χ1v) is 11.3. The van der Waals surface area contributed by atoms with Crippen LogP contribution in [-0.2, 0) is 29.1 Å². The molecule has 0 unspecified atom stereocenters. The number of ketones is 1. The molecule has 9 heteroatoms. The van der Waals surface area contributed by atoms with Crippen LogP contribution in [0.25, 0.3) is 0 Å². The quantitative estimate of drug-likeness (QED) is 0.608.